The Hall–Kier alpha value is -1.23. The first-order valence-electron chi connectivity index (χ1n) is 9.25. The van der Waals surface area contributed by atoms with Gasteiger partial charge in [-0.3, -0.25) is 0 Å². The summed E-state index contributed by atoms with van der Waals surface area (Å²) >= 11 is 9.47. The van der Waals surface area contributed by atoms with Crippen LogP contribution in [0.4, 0.5) is 10.1 Å². The highest BCUT2D eigenvalue weighted by atomic mass is 35.5. The van der Waals surface area contributed by atoms with Crippen molar-refractivity contribution in [2.45, 2.75) is 37.0 Å². The molecular weight excluding hydrogens is 397 g/mol. The van der Waals surface area contributed by atoms with Crippen molar-refractivity contribution in [2.24, 2.45) is 10.9 Å². The summed E-state index contributed by atoms with van der Waals surface area (Å²) in [6, 6.07) is 14.2. The summed E-state index contributed by atoms with van der Waals surface area (Å²) in [4.78, 5) is 5.79. The van der Waals surface area contributed by atoms with Crippen molar-refractivity contribution in [2.75, 3.05) is 5.75 Å². The van der Waals surface area contributed by atoms with Crippen molar-refractivity contribution in [3.8, 4) is 0 Å². The first-order chi connectivity index (χ1) is 13.2. The van der Waals surface area contributed by atoms with Crippen molar-refractivity contribution in [3.63, 3.8) is 0 Å². The minimum Gasteiger partial charge on any atom is -0.242 e. The average molecular weight is 420 g/mol. The molecule has 3 rings (SSSR count). The number of halogens is 2. The van der Waals surface area contributed by atoms with Crippen LogP contribution in [0.15, 0.2) is 69.9 Å². The largest absolute Gasteiger partial charge is 0.242 e. The fourth-order valence-corrected chi connectivity index (χ4v) is 5.02. The summed E-state index contributed by atoms with van der Waals surface area (Å²) in [7, 11) is 0. The topological polar surface area (TPSA) is 12.4 Å². The molecule has 0 spiro atoms. The molecule has 0 aliphatic heterocycles. The quantitative estimate of drug-likeness (QED) is 0.266. The molecule has 2 aromatic rings. The lowest BCUT2D eigenvalue weighted by atomic mass is 9.91. The summed E-state index contributed by atoms with van der Waals surface area (Å²) in [5.41, 5.74) is 0.866. The molecule has 27 heavy (non-hydrogen) atoms. The molecule has 0 bridgehead atoms. The Morgan fingerprint density at radius 1 is 1.11 bits per heavy atom. The summed E-state index contributed by atoms with van der Waals surface area (Å²) in [5.74, 6) is 1.67. The zero-order valence-corrected chi connectivity index (χ0v) is 17.5. The van der Waals surface area contributed by atoms with Crippen molar-refractivity contribution in [1.29, 1.82) is 0 Å². The molecule has 0 aromatic heterocycles. The SMILES string of the molecule is Fc1ccc(SC=CC(=Nc2cccc(Cl)c2)SCC2CCCCC2)cc1. The molecule has 1 aliphatic rings. The molecule has 5 heteroatoms. The van der Waals surface area contributed by atoms with Crippen molar-refractivity contribution in [1.82, 2.24) is 0 Å². The summed E-state index contributed by atoms with van der Waals surface area (Å²) in [5, 5.41) is 3.69. The van der Waals surface area contributed by atoms with E-state index in [-0.39, 0.29) is 5.82 Å². The van der Waals surface area contributed by atoms with E-state index in [0.29, 0.717) is 5.02 Å². The fraction of sp³-hybridized carbons (Fsp3) is 0.318. The molecule has 0 atom stereocenters. The summed E-state index contributed by atoms with van der Waals surface area (Å²) < 4.78 is 13.0. The van der Waals surface area contributed by atoms with Crippen molar-refractivity contribution < 1.29 is 4.39 Å². The van der Waals surface area contributed by atoms with Crippen LogP contribution in [0.5, 0.6) is 0 Å². The molecule has 142 valence electrons. The molecule has 0 radical (unpaired) electrons. The van der Waals surface area contributed by atoms with Gasteiger partial charge in [-0.15, -0.1) is 11.8 Å². The zero-order chi connectivity index (χ0) is 18.9. The minimum absolute atomic E-state index is 0.213. The number of thioether (sulfide) groups is 2. The maximum absolute atomic E-state index is 13.0. The van der Waals surface area contributed by atoms with Gasteiger partial charge in [-0.1, -0.05) is 48.7 Å². The number of hydrogen-bond acceptors (Lipinski definition) is 3. The van der Waals surface area contributed by atoms with Gasteiger partial charge in [0.15, 0.2) is 0 Å². The van der Waals surface area contributed by atoms with Gasteiger partial charge in [0.05, 0.1) is 10.7 Å². The fourth-order valence-electron chi connectivity index (χ4n) is 3.03. The highest BCUT2D eigenvalue weighted by Gasteiger charge is 2.14. The van der Waals surface area contributed by atoms with Crippen molar-refractivity contribution >= 4 is 45.9 Å². The molecule has 1 fully saturated rings. The van der Waals surface area contributed by atoms with E-state index in [4.69, 9.17) is 16.6 Å². The number of benzene rings is 2. The van der Waals surface area contributed by atoms with Gasteiger partial charge in [0, 0.05) is 15.7 Å². The second-order valence-electron chi connectivity index (χ2n) is 6.62. The van der Waals surface area contributed by atoms with Crippen LogP contribution in [-0.4, -0.2) is 10.8 Å². The second-order valence-corrected chi connectivity index (χ2v) is 9.08. The summed E-state index contributed by atoms with van der Waals surface area (Å²) in [6.45, 7) is 0. The van der Waals surface area contributed by atoms with E-state index >= 15 is 0 Å². The Labute approximate surface area is 174 Å². The predicted octanol–water partition coefficient (Wildman–Crippen LogP) is 8.13. The maximum Gasteiger partial charge on any atom is 0.123 e. The van der Waals surface area contributed by atoms with Gasteiger partial charge in [-0.05, 0) is 72.7 Å². The monoisotopic (exact) mass is 419 g/mol. The van der Waals surface area contributed by atoms with Crippen LogP contribution in [0.3, 0.4) is 0 Å². The summed E-state index contributed by atoms with van der Waals surface area (Å²) in [6.07, 6.45) is 8.77. The maximum atomic E-state index is 13.0. The smallest absolute Gasteiger partial charge is 0.123 e. The Morgan fingerprint density at radius 2 is 1.89 bits per heavy atom. The second kappa shape index (κ2) is 10.9. The standard InChI is InChI=1S/C22H23ClFNS2/c23-18-7-4-8-20(15-18)25-22(27-16-17-5-2-1-3-6-17)13-14-26-21-11-9-19(24)10-12-21/h4,7-15,17H,1-3,5-6,16H2. The van der Waals surface area contributed by atoms with Gasteiger partial charge < -0.3 is 0 Å². The Balaban J connectivity index is 1.67. The molecule has 0 N–H and O–H groups in total. The third-order valence-corrected chi connectivity index (χ3v) is 6.68. The normalized spacial score (nSPS) is 16.1. The van der Waals surface area contributed by atoms with Crippen LogP contribution in [0.2, 0.25) is 5.02 Å². The Morgan fingerprint density at radius 3 is 2.63 bits per heavy atom. The molecule has 1 nitrogen and oxygen atoms in total. The molecule has 0 amide bonds. The third kappa shape index (κ3) is 7.36. The lowest BCUT2D eigenvalue weighted by molar-refractivity contribution is 0.391. The molecule has 0 saturated heterocycles. The molecule has 2 aromatic carbocycles. The Bertz CT molecular complexity index is 783. The average Bonchev–Trinajstić information content (AvgIpc) is 2.68. The van der Waals surface area contributed by atoms with E-state index in [1.165, 1.54) is 44.2 Å². The van der Waals surface area contributed by atoms with Gasteiger partial charge in [-0.25, -0.2) is 9.38 Å². The van der Waals surface area contributed by atoms with E-state index in [1.807, 2.05) is 47.5 Å². The van der Waals surface area contributed by atoms with Crippen LogP contribution in [0.1, 0.15) is 32.1 Å². The minimum atomic E-state index is -0.213. The van der Waals surface area contributed by atoms with Crippen LogP contribution in [0, 0.1) is 11.7 Å². The zero-order valence-electron chi connectivity index (χ0n) is 15.1. The van der Waals surface area contributed by atoms with Crippen LogP contribution < -0.4 is 0 Å². The van der Waals surface area contributed by atoms with E-state index in [9.17, 15) is 4.39 Å². The number of aliphatic imine (C=N–C) groups is 1. The third-order valence-electron chi connectivity index (χ3n) is 4.47. The predicted molar refractivity (Wildman–Crippen MR) is 119 cm³/mol. The lowest BCUT2D eigenvalue weighted by Gasteiger charge is -2.20. The molecular formula is C22H23ClFNS2. The van der Waals surface area contributed by atoms with E-state index in [0.717, 1.165) is 27.3 Å². The molecule has 0 unspecified atom stereocenters. The number of hydrogen-bond donors (Lipinski definition) is 0. The highest BCUT2D eigenvalue weighted by molar-refractivity contribution is 8.14. The van der Waals surface area contributed by atoms with Crippen LogP contribution >= 0.6 is 35.1 Å². The number of rotatable bonds is 6. The van der Waals surface area contributed by atoms with E-state index in [2.05, 4.69) is 0 Å². The van der Waals surface area contributed by atoms with Crippen molar-refractivity contribution in [3.05, 3.63) is 70.9 Å². The highest BCUT2D eigenvalue weighted by Crippen LogP contribution is 2.29. The molecule has 1 saturated carbocycles. The van der Waals surface area contributed by atoms with E-state index < -0.39 is 0 Å². The van der Waals surface area contributed by atoms with Crippen LogP contribution in [0.25, 0.3) is 0 Å². The first kappa shape index (κ1) is 20.5. The van der Waals surface area contributed by atoms with Gasteiger partial charge in [-0.2, -0.15) is 0 Å². The van der Waals surface area contributed by atoms with E-state index in [1.54, 1.807) is 23.9 Å². The first-order valence-corrected chi connectivity index (χ1v) is 11.5. The molecule has 0 heterocycles. The van der Waals surface area contributed by atoms with Gasteiger partial charge in [0.1, 0.15) is 5.82 Å². The van der Waals surface area contributed by atoms with Crippen LogP contribution in [-0.2, 0) is 0 Å². The van der Waals surface area contributed by atoms with Gasteiger partial charge >= 0.3 is 0 Å². The van der Waals surface area contributed by atoms with Gasteiger partial charge in [0.2, 0.25) is 0 Å². The molecule has 1 aliphatic carbocycles. The van der Waals surface area contributed by atoms with Gasteiger partial charge in [0.25, 0.3) is 0 Å². The lowest BCUT2D eigenvalue weighted by Crippen LogP contribution is -2.09. The number of nitrogens with zero attached hydrogens (tertiary/aromatic N) is 1. The Kier molecular flexibility index (Phi) is 8.31.